The second-order valence-corrected chi connectivity index (χ2v) is 11.9. The third kappa shape index (κ3) is 6.66. The van der Waals surface area contributed by atoms with Crippen LogP contribution in [-0.4, -0.2) is 87.5 Å². The van der Waals surface area contributed by atoms with Gasteiger partial charge in [-0.1, -0.05) is 18.2 Å². The van der Waals surface area contributed by atoms with Gasteiger partial charge in [-0.25, -0.2) is 8.42 Å². The zero-order chi connectivity index (χ0) is 27.4. The molecule has 11 nitrogen and oxygen atoms in total. The minimum atomic E-state index is -3.38. The minimum Gasteiger partial charge on any atom is -0.755 e. The first kappa shape index (κ1) is 27.9. The summed E-state index contributed by atoms with van der Waals surface area (Å²) in [5, 5.41) is 10.8. The molecular formula is C25H29N4O7S2-. The van der Waals surface area contributed by atoms with Crippen molar-refractivity contribution in [3.8, 4) is 5.75 Å². The molecule has 1 aliphatic heterocycles. The first-order chi connectivity index (χ1) is 18.0. The summed E-state index contributed by atoms with van der Waals surface area (Å²) in [6.45, 7) is 2.52. The van der Waals surface area contributed by atoms with Crippen molar-refractivity contribution in [1.29, 1.82) is 0 Å². The van der Waals surface area contributed by atoms with Gasteiger partial charge in [0.1, 0.15) is 18.4 Å². The number of rotatable bonds is 10. The van der Waals surface area contributed by atoms with Gasteiger partial charge in [-0.15, -0.1) is 0 Å². The Bertz CT molecular complexity index is 1430. The number of benzene rings is 2. The van der Waals surface area contributed by atoms with E-state index >= 15 is 0 Å². The van der Waals surface area contributed by atoms with E-state index < -0.39 is 33.3 Å². The van der Waals surface area contributed by atoms with Crippen LogP contribution in [0.1, 0.15) is 11.3 Å². The Morgan fingerprint density at radius 3 is 2.42 bits per heavy atom. The lowest BCUT2D eigenvalue weighted by Gasteiger charge is -2.39. The zero-order valence-electron chi connectivity index (χ0n) is 21.0. The fourth-order valence-corrected chi connectivity index (χ4v) is 5.87. The van der Waals surface area contributed by atoms with Crippen molar-refractivity contribution >= 4 is 43.8 Å². The van der Waals surface area contributed by atoms with Crippen molar-refractivity contribution in [2.45, 2.75) is 19.6 Å². The van der Waals surface area contributed by atoms with Crippen LogP contribution in [0.4, 0.5) is 5.69 Å². The summed E-state index contributed by atoms with van der Waals surface area (Å²) >= 11 is -2.74. The number of pyridine rings is 1. The highest BCUT2D eigenvalue weighted by molar-refractivity contribution is 7.88. The van der Waals surface area contributed by atoms with Gasteiger partial charge in [-0.3, -0.25) is 18.9 Å². The maximum atomic E-state index is 12.1. The molecule has 1 aliphatic rings. The molecule has 1 N–H and O–H groups in total. The number of aromatic nitrogens is 1. The zero-order valence-corrected chi connectivity index (χ0v) is 22.7. The molecule has 0 radical (unpaired) electrons. The molecule has 0 saturated carbocycles. The fourth-order valence-electron chi connectivity index (χ4n) is 4.49. The lowest BCUT2D eigenvalue weighted by molar-refractivity contribution is -0.143. The van der Waals surface area contributed by atoms with Crippen LogP contribution in [0, 0.1) is 6.92 Å². The molecule has 0 amide bonds. The monoisotopic (exact) mass is 561 g/mol. The minimum absolute atomic E-state index is 0.140. The number of aryl methyl sites for hydroxylation is 1. The summed E-state index contributed by atoms with van der Waals surface area (Å²) in [5.41, 5.74) is 3.01. The van der Waals surface area contributed by atoms with Crippen molar-refractivity contribution in [3.63, 3.8) is 0 Å². The van der Waals surface area contributed by atoms with Gasteiger partial charge in [0, 0.05) is 59.8 Å². The van der Waals surface area contributed by atoms with E-state index in [9.17, 15) is 27.1 Å². The van der Waals surface area contributed by atoms with Crippen LogP contribution in [0.2, 0.25) is 0 Å². The largest absolute Gasteiger partial charge is 0.755 e. The summed E-state index contributed by atoms with van der Waals surface area (Å²) < 4.78 is 55.9. The molecule has 13 heteroatoms. The van der Waals surface area contributed by atoms with Gasteiger partial charge in [-0.05, 0) is 43.3 Å². The van der Waals surface area contributed by atoms with Gasteiger partial charge < -0.3 is 18.7 Å². The first-order valence-corrected chi connectivity index (χ1v) is 14.8. The number of para-hydroxylation sites is 1. The van der Waals surface area contributed by atoms with Gasteiger partial charge in [0.2, 0.25) is 10.0 Å². The lowest BCUT2D eigenvalue weighted by Crippen LogP contribution is -2.57. The lowest BCUT2D eigenvalue weighted by atomic mass is 10.1. The number of piperazine rings is 1. The summed E-state index contributed by atoms with van der Waals surface area (Å²) in [4.78, 5) is 18.1. The van der Waals surface area contributed by atoms with Crippen LogP contribution in [0.15, 0.2) is 54.6 Å². The number of nitrogens with zero attached hydrogens (tertiary/aromatic N) is 4. The predicted molar refractivity (Wildman–Crippen MR) is 143 cm³/mol. The van der Waals surface area contributed by atoms with Crippen LogP contribution >= 0.6 is 0 Å². The number of ether oxygens (including phenoxy) is 1. The number of carboxylic acid groups (broad SMARTS) is 1. The van der Waals surface area contributed by atoms with Crippen molar-refractivity contribution in [1.82, 2.24) is 14.2 Å². The molecule has 1 fully saturated rings. The molecule has 0 bridgehead atoms. The molecular weight excluding hydrogens is 532 g/mol. The Labute approximate surface area is 224 Å². The summed E-state index contributed by atoms with van der Waals surface area (Å²) in [6.07, 6.45) is 1.10. The smallest absolute Gasteiger partial charge is 0.322 e. The van der Waals surface area contributed by atoms with Crippen molar-refractivity contribution in [2.75, 3.05) is 43.3 Å². The highest BCUT2D eigenvalue weighted by Gasteiger charge is 2.33. The Balaban J connectivity index is 1.45. The third-order valence-electron chi connectivity index (χ3n) is 6.44. The number of aliphatic carboxylic acids is 1. The van der Waals surface area contributed by atoms with E-state index in [1.54, 1.807) is 29.2 Å². The van der Waals surface area contributed by atoms with Crippen LogP contribution in [-0.2, 0) is 32.7 Å². The Morgan fingerprint density at radius 2 is 1.82 bits per heavy atom. The van der Waals surface area contributed by atoms with Crippen LogP contribution in [0.25, 0.3) is 10.9 Å². The molecule has 1 aromatic heterocycles. The average molecular weight is 562 g/mol. The SMILES string of the molecule is Cc1cc(COc2ccc(N(C[C@H](C(=O)O)N3CCN(S(C)(=O)=O)CC3)S(=O)[O-])cc2)c2ccccc2n1. The molecule has 0 aliphatic carbocycles. The number of hydrogen-bond donors (Lipinski definition) is 1. The Hall–Kier alpha value is -3.10. The predicted octanol–water partition coefficient (Wildman–Crippen LogP) is 1.75. The van der Waals surface area contributed by atoms with Crippen LogP contribution in [0.3, 0.4) is 0 Å². The third-order valence-corrected chi connectivity index (χ3v) is 8.46. The van der Waals surface area contributed by atoms with E-state index in [0.717, 1.165) is 32.7 Å². The molecule has 1 unspecified atom stereocenters. The van der Waals surface area contributed by atoms with Gasteiger partial charge >= 0.3 is 5.97 Å². The van der Waals surface area contributed by atoms with Crippen LogP contribution in [0.5, 0.6) is 5.75 Å². The van der Waals surface area contributed by atoms with Crippen molar-refractivity contribution < 1.29 is 31.8 Å². The van der Waals surface area contributed by atoms with Gasteiger partial charge in [0.25, 0.3) is 0 Å². The molecule has 2 aromatic carbocycles. The standard InChI is InChI=1S/C25H30N4O7S2/c1-18-15-19(22-5-3-4-6-23(22)26-18)17-36-21-9-7-20(8-10-21)29(37(32)33)16-24(25(30)31)27-11-13-28(14-12-27)38(2,34)35/h3-10,15,24H,11-14,16-17H2,1-2H3,(H,30,31)(H,32,33)/p-1/t24-/m1/s1. The second kappa shape index (κ2) is 11.7. The highest BCUT2D eigenvalue weighted by Crippen LogP contribution is 2.24. The molecule has 3 aromatic rings. The topological polar surface area (TPSA) is 143 Å². The van der Waals surface area contributed by atoms with Crippen LogP contribution < -0.4 is 9.04 Å². The van der Waals surface area contributed by atoms with E-state index in [-0.39, 0.29) is 38.4 Å². The Morgan fingerprint density at radius 1 is 1.16 bits per heavy atom. The van der Waals surface area contributed by atoms with Gasteiger partial charge in [0.05, 0.1) is 18.3 Å². The fraction of sp³-hybridized carbons (Fsp3) is 0.360. The van der Waals surface area contributed by atoms with E-state index in [4.69, 9.17) is 4.74 Å². The summed E-state index contributed by atoms with van der Waals surface area (Å²) in [7, 11) is -3.38. The highest BCUT2D eigenvalue weighted by atomic mass is 32.2. The van der Waals surface area contributed by atoms with E-state index in [0.29, 0.717) is 12.4 Å². The summed E-state index contributed by atoms with van der Waals surface area (Å²) in [6, 6.07) is 15.0. The van der Waals surface area contributed by atoms with Gasteiger partial charge in [-0.2, -0.15) is 4.31 Å². The maximum Gasteiger partial charge on any atom is 0.322 e. The van der Waals surface area contributed by atoms with E-state index in [1.165, 1.54) is 4.31 Å². The van der Waals surface area contributed by atoms with Crippen molar-refractivity contribution in [3.05, 3.63) is 65.9 Å². The normalized spacial score (nSPS) is 16.7. The number of carbonyl (C=O) groups is 1. The maximum absolute atomic E-state index is 12.1. The Kier molecular flexibility index (Phi) is 8.63. The van der Waals surface area contributed by atoms with E-state index in [1.807, 2.05) is 37.3 Å². The number of anilines is 1. The second-order valence-electron chi connectivity index (χ2n) is 9.05. The molecule has 204 valence electrons. The quantitative estimate of drug-likeness (QED) is 0.366. The molecule has 2 heterocycles. The number of carboxylic acids is 1. The molecule has 0 spiro atoms. The van der Waals surface area contributed by atoms with E-state index in [2.05, 4.69) is 4.98 Å². The van der Waals surface area contributed by atoms with Crippen molar-refractivity contribution in [2.24, 2.45) is 0 Å². The molecule has 4 rings (SSSR count). The molecule has 2 atom stereocenters. The number of sulfonamides is 1. The first-order valence-electron chi connectivity index (χ1n) is 11.9. The van der Waals surface area contributed by atoms with Gasteiger partial charge in [0.15, 0.2) is 0 Å². The number of hydrogen-bond acceptors (Lipinski definition) is 8. The molecule has 1 saturated heterocycles. The number of fused-ring (bicyclic) bond motifs is 1. The average Bonchev–Trinajstić information content (AvgIpc) is 2.87. The summed E-state index contributed by atoms with van der Waals surface area (Å²) in [5.74, 6) is -0.663. The molecule has 38 heavy (non-hydrogen) atoms.